The van der Waals surface area contributed by atoms with Crippen LogP contribution in [-0.2, 0) is 0 Å². The lowest BCUT2D eigenvalue weighted by atomic mass is 10.0. The number of benzene rings is 2. The fourth-order valence-corrected chi connectivity index (χ4v) is 4.54. The third-order valence-corrected chi connectivity index (χ3v) is 6.95. The van der Waals surface area contributed by atoms with E-state index in [9.17, 15) is 4.79 Å². The second kappa shape index (κ2) is 20.5. The summed E-state index contributed by atoms with van der Waals surface area (Å²) in [5.41, 5.74) is 1.63. The Morgan fingerprint density at radius 1 is 0.622 bits per heavy atom. The largest absolute Gasteiger partial charge is 0.497 e. The van der Waals surface area contributed by atoms with Crippen LogP contribution in [0.5, 0.6) is 11.5 Å². The molecule has 0 aliphatic rings. The maximum atomic E-state index is 12.4. The highest BCUT2D eigenvalue weighted by Crippen LogP contribution is 2.17. The van der Waals surface area contributed by atoms with Crippen molar-refractivity contribution in [1.29, 1.82) is 0 Å². The highest BCUT2D eigenvalue weighted by atomic mass is 16.5. The van der Waals surface area contributed by atoms with Crippen LogP contribution in [-0.4, -0.2) is 19.5 Å². The summed E-state index contributed by atoms with van der Waals surface area (Å²) in [6.45, 7) is 3.02. The summed E-state index contributed by atoms with van der Waals surface area (Å²) in [5.74, 6) is 1.62. The zero-order valence-electron chi connectivity index (χ0n) is 23.5. The van der Waals surface area contributed by atoms with E-state index in [4.69, 9.17) is 9.47 Å². The van der Waals surface area contributed by atoms with Crippen LogP contribution in [0.3, 0.4) is 0 Å². The van der Waals surface area contributed by atoms with Gasteiger partial charge in [-0.3, -0.25) is 4.79 Å². The molecule has 0 saturated heterocycles. The molecule has 0 saturated carbocycles. The topological polar surface area (TPSA) is 35.5 Å². The summed E-state index contributed by atoms with van der Waals surface area (Å²) in [4.78, 5) is 12.4. The average molecular weight is 507 g/mol. The Kier molecular flexibility index (Phi) is 17.0. The molecule has 0 atom stereocenters. The first-order chi connectivity index (χ1) is 18.2. The Labute approximate surface area is 226 Å². The van der Waals surface area contributed by atoms with Crippen LogP contribution in [0.1, 0.15) is 126 Å². The van der Waals surface area contributed by atoms with Gasteiger partial charge in [-0.05, 0) is 54.5 Å². The van der Waals surface area contributed by atoms with Gasteiger partial charge in [-0.2, -0.15) is 0 Å². The number of ether oxygens (including phenoxy) is 2. The minimum Gasteiger partial charge on any atom is -0.497 e. The molecule has 0 unspecified atom stereocenters. The first-order valence-electron chi connectivity index (χ1n) is 14.8. The van der Waals surface area contributed by atoms with Gasteiger partial charge in [-0.25, -0.2) is 0 Å². The third kappa shape index (κ3) is 14.7. The number of rotatable bonds is 22. The predicted molar refractivity (Wildman–Crippen MR) is 158 cm³/mol. The van der Waals surface area contributed by atoms with E-state index in [0.29, 0.717) is 5.56 Å². The maximum Gasteiger partial charge on any atom is 0.185 e. The van der Waals surface area contributed by atoms with Crippen LogP contribution in [0.15, 0.2) is 54.6 Å². The number of methoxy groups -OCH3 is 1. The van der Waals surface area contributed by atoms with E-state index in [1.165, 1.54) is 96.3 Å². The van der Waals surface area contributed by atoms with Gasteiger partial charge >= 0.3 is 0 Å². The Morgan fingerprint density at radius 3 is 1.57 bits per heavy atom. The SMILES string of the molecule is CCCCCCCCCCCCCCCCCCOc1ccc(C(=O)/C=C/c2ccc(OC)cc2)cc1. The highest BCUT2D eigenvalue weighted by Gasteiger charge is 2.03. The Bertz CT molecular complexity index is 852. The second-order valence-corrected chi connectivity index (χ2v) is 10.1. The quantitative estimate of drug-likeness (QED) is 0.0905. The van der Waals surface area contributed by atoms with Gasteiger partial charge in [-0.1, -0.05) is 121 Å². The molecule has 0 bridgehead atoms. The molecule has 0 aliphatic carbocycles. The van der Waals surface area contributed by atoms with Crippen LogP contribution in [0.2, 0.25) is 0 Å². The smallest absolute Gasteiger partial charge is 0.185 e. The molecule has 2 aromatic rings. The molecule has 2 rings (SSSR count). The van der Waals surface area contributed by atoms with E-state index < -0.39 is 0 Å². The van der Waals surface area contributed by atoms with Gasteiger partial charge in [0.2, 0.25) is 0 Å². The molecule has 204 valence electrons. The number of hydrogen-bond donors (Lipinski definition) is 0. The van der Waals surface area contributed by atoms with Crippen LogP contribution in [0.25, 0.3) is 6.08 Å². The molecular formula is C34H50O3. The number of hydrogen-bond acceptors (Lipinski definition) is 3. The fourth-order valence-electron chi connectivity index (χ4n) is 4.54. The molecular weight excluding hydrogens is 456 g/mol. The predicted octanol–water partition coefficient (Wildman–Crippen LogP) is 10.2. The van der Waals surface area contributed by atoms with E-state index in [1.54, 1.807) is 13.2 Å². The van der Waals surface area contributed by atoms with Crippen molar-refractivity contribution in [2.45, 2.75) is 110 Å². The van der Waals surface area contributed by atoms with Crippen molar-refractivity contribution < 1.29 is 14.3 Å². The van der Waals surface area contributed by atoms with E-state index in [0.717, 1.165) is 30.1 Å². The second-order valence-electron chi connectivity index (χ2n) is 10.1. The van der Waals surface area contributed by atoms with E-state index in [1.807, 2.05) is 54.6 Å². The normalized spacial score (nSPS) is 11.2. The van der Waals surface area contributed by atoms with Crippen LogP contribution in [0, 0.1) is 0 Å². The summed E-state index contributed by atoms with van der Waals surface area (Å²) in [6.07, 6.45) is 25.4. The molecule has 37 heavy (non-hydrogen) atoms. The molecule has 3 heteroatoms. The van der Waals surface area contributed by atoms with Crippen molar-refractivity contribution in [2.75, 3.05) is 13.7 Å². The Balaban J connectivity index is 1.44. The number of unbranched alkanes of at least 4 members (excludes halogenated alkanes) is 15. The summed E-state index contributed by atoms with van der Waals surface area (Å²) >= 11 is 0. The number of carbonyl (C=O) groups excluding carboxylic acids is 1. The molecule has 0 amide bonds. The average Bonchev–Trinajstić information content (AvgIpc) is 2.94. The molecule has 0 heterocycles. The van der Waals surface area contributed by atoms with Crippen LogP contribution >= 0.6 is 0 Å². The van der Waals surface area contributed by atoms with Crippen molar-refractivity contribution in [3.63, 3.8) is 0 Å². The fraction of sp³-hybridized carbons (Fsp3) is 0.559. The van der Waals surface area contributed by atoms with E-state index in [2.05, 4.69) is 6.92 Å². The number of ketones is 1. The summed E-state index contributed by atoms with van der Waals surface area (Å²) < 4.78 is 11.0. The lowest BCUT2D eigenvalue weighted by molar-refractivity contribution is 0.104. The van der Waals surface area contributed by atoms with Gasteiger partial charge in [0.15, 0.2) is 5.78 Å². The molecule has 2 aromatic carbocycles. The van der Waals surface area contributed by atoms with Crippen molar-refractivity contribution in [3.05, 3.63) is 65.7 Å². The van der Waals surface area contributed by atoms with E-state index in [-0.39, 0.29) is 5.78 Å². The lowest BCUT2D eigenvalue weighted by Gasteiger charge is -2.07. The van der Waals surface area contributed by atoms with Crippen LogP contribution in [0.4, 0.5) is 0 Å². The van der Waals surface area contributed by atoms with Gasteiger partial charge in [0.05, 0.1) is 13.7 Å². The maximum absolute atomic E-state index is 12.4. The summed E-state index contributed by atoms with van der Waals surface area (Å²) in [5, 5.41) is 0. The molecule has 0 aromatic heterocycles. The molecule has 3 nitrogen and oxygen atoms in total. The van der Waals surface area contributed by atoms with E-state index >= 15 is 0 Å². The van der Waals surface area contributed by atoms with Gasteiger partial charge in [0, 0.05) is 5.56 Å². The minimum absolute atomic E-state index is 0.0137. The van der Waals surface area contributed by atoms with Gasteiger partial charge in [-0.15, -0.1) is 0 Å². The molecule has 0 radical (unpaired) electrons. The monoisotopic (exact) mass is 506 g/mol. The standard InChI is InChI=1S/C34H50O3/c1-3-4-5-6-7-8-9-10-11-12-13-14-15-16-17-18-29-37-33-26-22-31(23-27-33)34(35)28-21-30-19-24-32(36-2)25-20-30/h19-28H,3-18,29H2,1-2H3/b28-21+. The van der Waals surface area contributed by atoms with Gasteiger partial charge < -0.3 is 9.47 Å². The van der Waals surface area contributed by atoms with Crippen molar-refractivity contribution in [2.24, 2.45) is 0 Å². The number of allylic oxidation sites excluding steroid dienone is 1. The Morgan fingerprint density at radius 2 is 1.08 bits per heavy atom. The minimum atomic E-state index is -0.0137. The zero-order valence-corrected chi connectivity index (χ0v) is 23.5. The molecule has 0 fully saturated rings. The Hall–Kier alpha value is -2.55. The molecule has 0 aliphatic heterocycles. The third-order valence-electron chi connectivity index (χ3n) is 6.95. The van der Waals surface area contributed by atoms with Crippen LogP contribution < -0.4 is 9.47 Å². The highest BCUT2D eigenvalue weighted by molar-refractivity contribution is 6.06. The van der Waals surface area contributed by atoms with Gasteiger partial charge in [0.1, 0.15) is 11.5 Å². The number of carbonyl (C=O) groups is 1. The first kappa shape index (κ1) is 30.7. The van der Waals surface area contributed by atoms with Crippen molar-refractivity contribution in [3.8, 4) is 11.5 Å². The van der Waals surface area contributed by atoms with Gasteiger partial charge in [0.25, 0.3) is 0 Å². The van der Waals surface area contributed by atoms with Crippen molar-refractivity contribution in [1.82, 2.24) is 0 Å². The summed E-state index contributed by atoms with van der Waals surface area (Å²) in [7, 11) is 1.64. The zero-order chi connectivity index (χ0) is 26.4. The molecule has 0 N–H and O–H groups in total. The van der Waals surface area contributed by atoms with Crippen molar-refractivity contribution >= 4 is 11.9 Å². The summed E-state index contributed by atoms with van der Waals surface area (Å²) in [6, 6.07) is 15.1. The first-order valence-corrected chi connectivity index (χ1v) is 14.8. The molecule has 0 spiro atoms. The lowest BCUT2D eigenvalue weighted by Crippen LogP contribution is -1.99.